The normalized spacial score (nSPS) is 14.3. The summed E-state index contributed by atoms with van der Waals surface area (Å²) in [5, 5.41) is 0.799. The Morgan fingerprint density at radius 1 is 0.912 bits per heavy atom. The van der Waals surface area contributed by atoms with Crippen molar-refractivity contribution in [2.24, 2.45) is 0 Å². The van der Waals surface area contributed by atoms with Gasteiger partial charge in [0, 0.05) is 41.6 Å². The molecule has 4 heterocycles. The molecule has 1 fully saturated rings. The third-order valence-corrected chi connectivity index (χ3v) is 6.56. The third kappa shape index (κ3) is 3.60. The SMILES string of the molecule is Cc1cc(-c2cnc3cc(-c4ccc(N5CCOCC5)cc4)ccn23)c2cc(F)cc(C)c2n1. The van der Waals surface area contributed by atoms with E-state index < -0.39 is 0 Å². The first kappa shape index (κ1) is 20.8. The molecule has 1 aliphatic heterocycles. The monoisotopic (exact) mass is 452 g/mol. The van der Waals surface area contributed by atoms with Gasteiger partial charge in [-0.25, -0.2) is 9.37 Å². The third-order valence-electron chi connectivity index (χ3n) is 6.56. The molecule has 1 saturated heterocycles. The summed E-state index contributed by atoms with van der Waals surface area (Å²) in [6.45, 7) is 7.27. The molecule has 0 aliphatic carbocycles. The molecule has 0 bridgehead atoms. The number of fused-ring (bicyclic) bond motifs is 2. The average molecular weight is 453 g/mol. The molecule has 3 aromatic heterocycles. The Morgan fingerprint density at radius 3 is 2.50 bits per heavy atom. The van der Waals surface area contributed by atoms with E-state index in [2.05, 4.69) is 55.7 Å². The molecular formula is C28H25FN4O. The molecule has 5 nitrogen and oxygen atoms in total. The van der Waals surface area contributed by atoms with Crippen LogP contribution in [-0.4, -0.2) is 40.7 Å². The van der Waals surface area contributed by atoms with Crippen LogP contribution in [-0.2, 0) is 4.74 Å². The minimum Gasteiger partial charge on any atom is -0.378 e. The second kappa shape index (κ2) is 8.22. The predicted octanol–water partition coefficient (Wildman–Crippen LogP) is 5.81. The van der Waals surface area contributed by atoms with E-state index >= 15 is 0 Å². The summed E-state index contributed by atoms with van der Waals surface area (Å²) in [4.78, 5) is 11.7. The number of benzene rings is 2. The van der Waals surface area contributed by atoms with Crippen LogP contribution in [0.3, 0.4) is 0 Å². The second-order valence-corrected chi connectivity index (χ2v) is 8.86. The molecule has 5 aromatic rings. The molecular weight excluding hydrogens is 427 g/mol. The molecule has 6 heteroatoms. The van der Waals surface area contributed by atoms with Gasteiger partial charge < -0.3 is 9.64 Å². The largest absolute Gasteiger partial charge is 0.378 e. The summed E-state index contributed by atoms with van der Waals surface area (Å²) in [5.74, 6) is -0.256. The number of ether oxygens (including phenoxy) is 1. The van der Waals surface area contributed by atoms with E-state index in [0.29, 0.717) is 0 Å². The Bertz CT molecular complexity index is 1520. The molecule has 0 N–H and O–H groups in total. The number of hydrogen-bond acceptors (Lipinski definition) is 4. The lowest BCUT2D eigenvalue weighted by atomic mass is 10.0. The van der Waals surface area contributed by atoms with Gasteiger partial charge in [0.1, 0.15) is 11.5 Å². The number of morpholine rings is 1. The number of imidazole rings is 1. The zero-order valence-corrected chi connectivity index (χ0v) is 19.3. The molecule has 34 heavy (non-hydrogen) atoms. The minimum atomic E-state index is -0.256. The highest BCUT2D eigenvalue weighted by Crippen LogP contribution is 2.32. The first-order valence-electron chi connectivity index (χ1n) is 11.5. The van der Waals surface area contributed by atoms with Crippen LogP contribution in [0.1, 0.15) is 11.3 Å². The second-order valence-electron chi connectivity index (χ2n) is 8.86. The Kier molecular flexibility index (Phi) is 5.03. The molecule has 0 radical (unpaired) electrons. The summed E-state index contributed by atoms with van der Waals surface area (Å²) in [6.07, 6.45) is 3.89. The predicted molar refractivity (Wildman–Crippen MR) is 134 cm³/mol. The molecule has 170 valence electrons. The molecule has 0 saturated carbocycles. The molecule has 0 unspecified atom stereocenters. The van der Waals surface area contributed by atoms with E-state index in [0.717, 1.165) is 76.5 Å². The van der Waals surface area contributed by atoms with Crippen molar-refractivity contribution in [1.29, 1.82) is 0 Å². The van der Waals surface area contributed by atoms with Crippen LogP contribution in [0, 0.1) is 19.7 Å². The summed E-state index contributed by atoms with van der Waals surface area (Å²) in [5.41, 5.74) is 8.72. The molecule has 0 spiro atoms. The van der Waals surface area contributed by atoms with Gasteiger partial charge in [-0.05, 0) is 73.0 Å². The number of nitrogens with zero attached hydrogens (tertiary/aromatic N) is 4. The van der Waals surface area contributed by atoms with Crippen molar-refractivity contribution in [2.45, 2.75) is 13.8 Å². The van der Waals surface area contributed by atoms with E-state index in [4.69, 9.17) is 4.74 Å². The highest BCUT2D eigenvalue weighted by atomic mass is 19.1. The fourth-order valence-electron chi connectivity index (χ4n) is 4.84. The van der Waals surface area contributed by atoms with E-state index in [9.17, 15) is 4.39 Å². The number of aryl methyl sites for hydroxylation is 2. The summed E-state index contributed by atoms with van der Waals surface area (Å²) in [6, 6.07) is 18.0. The van der Waals surface area contributed by atoms with Crippen LogP contribution < -0.4 is 4.90 Å². The molecule has 1 aliphatic rings. The van der Waals surface area contributed by atoms with Crippen molar-refractivity contribution in [3.63, 3.8) is 0 Å². The van der Waals surface area contributed by atoms with Crippen LogP contribution in [0.5, 0.6) is 0 Å². The zero-order chi connectivity index (χ0) is 23.2. The number of hydrogen-bond donors (Lipinski definition) is 0. The van der Waals surface area contributed by atoms with Gasteiger partial charge in [-0.2, -0.15) is 0 Å². The molecule has 2 aromatic carbocycles. The number of rotatable bonds is 3. The van der Waals surface area contributed by atoms with Gasteiger partial charge in [0.15, 0.2) is 0 Å². The van der Waals surface area contributed by atoms with E-state index in [1.807, 2.05) is 32.3 Å². The first-order chi connectivity index (χ1) is 16.6. The topological polar surface area (TPSA) is 42.7 Å². The Hall–Kier alpha value is -3.77. The fraction of sp³-hybridized carbons (Fsp3) is 0.214. The van der Waals surface area contributed by atoms with E-state index in [-0.39, 0.29) is 5.82 Å². The quantitative estimate of drug-likeness (QED) is 0.347. The highest BCUT2D eigenvalue weighted by molar-refractivity contribution is 5.96. The van der Waals surface area contributed by atoms with Gasteiger partial charge >= 0.3 is 0 Å². The first-order valence-corrected chi connectivity index (χ1v) is 11.5. The Balaban J connectivity index is 1.39. The standard InChI is InChI=1S/C28H25FN4O/c1-18-13-22(29)16-25-24(14-19(2)31-28(18)25)26-17-30-27-15-21(7-8-33(26)27)20-3-5-23(6-4-20)32-9-11-34-12-10-32/h3-8,13-17H,9-12H2,1-2H3. The Labute approximate surface area is 197 Å². The van der Waals surface area contributed by atoms with Gasteiger partial charge in [-0.3, -0.25) is 9.38 Å². The number of anilines is 1. The van der Waals surface area contributed by atoms with Crippen molar-refractivity contribution >= 4 is 22.2 Å². The lowest BCUT2D eigenvalue weighted by Gasteiger charge is -2.28. The molecule has 6 rings (SSSR count). The van der Waals surface area contributed by atoms with Crippen molar-refractivity contribution in [3.05, 3.63) is 84.1 Å². The van der Waals surface area contributed by atoms with Gasteiger partial charge in [0.2, 0.25) is 0 Å². The van der Waals surface area contributed by atoms with Crippen molar-refractivity contribution < 1.29 is 9.13 Å². The van der Waals surface area contributed by atoms with Crippen LogP contribution in [0.4, 0.5) is 10.1 Å². The Morgan fingerprint density at radius 2 is 1.71 bits per heavy atom. The van der Waals surface area contributed by atoms with E-state index in [1.165, 1.54) is 11.8 Å². The molecule has 0 amide bonds. The van der Waals surface area contributed by atoms with Gasteiger partial charge in [-0.1, -0.05) is 12.1 Å². The van der Waals surface area contributed by atoms with Gasteiger partial charge in [-0.15, -0.1) is 0 Å². The van der Waals surface area contributed by atoms with Crippen molar-refractivity contribution in [1.82, 2.24) is 14.4 Å². The zero-order valence-electron chi connectivity index (χ0n) is 19.3. The molecule has 0 atom stereocenters. The van der Waals surface area contributed by atoms with Crippen molar-refractivity contribution in [2.75, 3.05) is 31.2 Å². The highest BCUT2D eigenvalue weighted by Gasteiger charge is 2.15. The summed E-state index contributed by atoms with van der Waals surface area (Å²) >= 11 is 0. The maximum atomic E-state index is 14.3. The van der Waals surface area contributed by atoms with Gasteiger partial charge in [0.25, 0.3) is 0 Å². The average Bonchev–Trinajstić information content (AvgIpc) is 3.28. The lowest BCUT2D eigenvalue weighted by Crippen LogP contribution is -2.36. The minimum absolute atomic E-state index is 0.256. The van der Waals surface area contributed by atoms with Crippen molar-refractivity contribution in [3.8, 4) is 22.4 Å². The van der Waals surface area contributed by atoms with E-state index in [1.54, 1.807) is 6.07 Å². The van der Waals surface area contributed by atoms with Crippen LogP contribution in [0.2, 0.25) is 0 Å². The van der Waals surface area contributed by atoms with Crippen LogP contribution in [0.25, 0.3) is 38.9 Å². The number of aromatic nitrogens is 3. The maximum absolute atomic E-state index is 14.3. The summed E-state index contributed by atoms with van der Waals surface area (Å²) in [7, 11) is 0. The summed E-state index contributed by atoms with van der Waals surface area (Å²) < 4.78 is 21.8. The smallest absolute Gasteiger partial charge is 0.137 e. The maximum Gasteiger partial charge on any atom is 0.137 e. The van der Waals surface area contributed by atoms with Gasteiger partial charge in [0.05, 0.1) is 30.6 Å². The lowest BCUT2D eigenvalue weighted by molar-refractivity contribution is 0.122. The number of pyridine rings is 2. The fourth-order valence-corrected chi connectivity index (χ4v) is 4.84. The number of halogens is 1. The van der Waals surface area contributed by atoms with Crippen LogP contribution in [0.15, 0.2) is 67.0 Å². The van der Waals surface area contributed by atoms with Crippen LogP contribution >= 0.6 is 0 Å².